The van der Waals surface area contributed by atoms with Gasteiger partial charge in [0, 0.05) is 33.1 Å². The first-order chi connectivity index (χ1) is 23.8. The molecule has 0 saturated heterocycles. The van der Waals surface area contributed by atoms with Gasteiger partial charge in [0.25, 0.3) is 0 Å². The van der Waals surface area contributed by atoms with Crippen LogP contribution in [0.5, 0.6) is 23.0 Å². The average molecular weight is 615 g/mol. The van der Waals surface area contributed by atoms with Crippen LogP contribution in [0.2, 0.25) is 0 Å². The molecule has 0 atom stereocenters. The number of benzene rings is 8. The number of hydrogen-bond acceptors (Lipinski definition) is 3. The number of rotatable bonds is 2. The van der Waals surface area contributed by atoms with Crippen molar-refractivity contribution in [1.29, 1.82) is 0 Å². The lowest BCUT2D eigenvalue weighted by atomic mass is 9.94. The lowest BCUT2D eigenvalue weighted by Crippen LogP contribution is -2.03. The lowest BCUT2D eigenvalue weighted by molar-refractivity contribution is 0.365. The highest BCUT2D eigenvalue weighted by Crippen LogP contribution is 2.56. The molecule has 1 aromatic heterocycles. The molecule has 2 aliphatic heterocycles. The SMILES string of the molecule is c1ccc(-n2c3ccccc3c3cc(-c4cc5c6c(c4)Oc4ccc7cccc(c7c4O6)-c4cc6ccccc6cc4N5)ccc32)cc1. The second-order valence-corrected chi connectivity index (χ2v) is 12.6. The summed E-state index contributed by atoms with van der Waals surface area (Å²) in [5.41, 5.74) is 9.77. The third kappa shape index (κ3) is 3.60. The van der Waals surface area contributed by atoms with Gasteiger partial charge in [-0.2, -0.15) is 0 Å². The van der Waals surface area contributed by atoms with Gasteiger partial charge in [-0.05, 0) is 93.5 Å². The van der Waals surface area contributed by atoms with Crippen molar-refractivity contribution in [2.24, 2.45) is 0 Å². The molecule has 224 valence electrons. The standard InChI is InChI=1S/C44H26N2O2/c1-2-12-31(13-3-1)46-38-16-7-6-14-32(38)35-22-29(17-19-39(35)46)30-24-37-43-41(25-30)47-40-20-18-26-11-8-15-33(42(26)44(40)48-43)34-21-27-9-4-5-10-28(27)23-36(34)45-37/h1-25,45H. The molecule has 0 radical (unpaired) electrons. The van der Waals surface area contributed by atoms with Crippen LogP contribution in [-0.2, 0) is 0 Å². The molecule has 48 heavy (non-hydrogen) atoms. The highest BCUT2D eigenvalue weighted by Gasteiger charge is 2.29. The summed E-state index contributed by atoms with van der Waals surface area (Å²) in [6.07, 6.45) is 0. The van der Waals surface area contributed by atoms with Gasteiger partial charge in [-0.1, -0.05) is 91.0 Å². The molecule has 0 amide bonds. The van der Waals surface area contributed by atoms with E-state index in [1.165, 1.54) is 32.6 Å². The van der Waals surface area contributed by atoms with Crippen molar-refractivity contribution in [3.8, 4) is 50.9 Å². The zero-order valence-corrected chi connectivity index (χ0v) is 25.7. The molecule has 0 unspecified atom stereocenters. The van der Waals surface area contributed by atoms with Crippen LogP contribution in [0.1, 0.15) is 0 Å². The first-order valence-corrected chi connectivity index (χ1v) is 16.3. The molecule has 8 aromatic carbocycles. The summed E-state index contributed by atoms with van der Waals surface area (Å²) in [5.74, 6) is 2.85. The number of nitrogens with zero attached hydrogens (tertiary/aromatic N) is 1. The van der Waals surface area contributed by atoms with Gasteiger partial charge in [0.2, 0.25) is 0 Å². The van der Waals surface area contributed by atoms with Gasteiger partial charge < -0.3 is 19.4 Å². The van der Waals surface area contributed by atoms with E-state index in [4.69, 9.17) is 9.47 Å². The maximum absolute atomic E-state index is 6.84. The Bertz CT molecular complexity index is 2810. The van der Waals surface area contributed by atoms with Gasteiger partial charge in [-0.3, -0.25) is 0 Å². The van der Waals surface area contributed by atoms with Gasteiger partial charge in [-0.25, -0.2) is 0 Å². The Hall–Kier alpha value is -6.52. The first-order valence-electron chi connectivity index (χ1n) is 16.3. The largest absolute Gasteiger partial charge is 0.449 e. The molecule has 0 spiro atoms. The summed E-state index contributed by atoms with van der Waals surface area (Å²) in [5, 5.41) is 10.8. The van der Waals surface area contributed by atoms with E-state index in [0.717, 1.165) is 61.6 Å². The molecule has 4 heteroatoms. The highest BCUT2D eigenvalue weighted by atomic mass is 16.6. The van der Waals surface area contributed by atoms with E-state index in [-0.39, 0.29) is 0 Å². The number of fused-ring (bicyclic) bond motifs is 6. The zero-order valence-electron chi connectivity index (χ0n) is 25.7. The minimum atomic E-state index is 0.690. The fourth-order valence-corrected chi connectivity index (χ4v) is 7.72. The topological polar surface area (TPSA) is 35.4 Å². The van der Waals surface area contributed by atoms with E-state index >= 15 is 0 Å². The maximum Gasteiger partial charge on any atom is 0.193 e. The van der Waals surface area contributed by atoms with Crippen molar-refractivity contribution in [1.82, 2.24) is 4.57 Å². The van der Waals surface area contributed by atoms with Crippen molar-refractivity contribution in [2.75, 3.05) is 5.32 Å². The van der Waals surface area contributed by atoms with Gasteiger partial charge >= 0.3 is 0 Å². The third-order valence-electron chi connectivity index (χ3n) is 9.91. The molecule has 0 fully saturated rings. The Labute approximate surface area is 276 Å². The van der Waals surface area contributed by atoms with Crippen LogP contribution in [0, 0.1) is 0 Å². The van der Waals surface area contributed by atoms with Crippen molar-refractivity contribution in [3.63, 3.8) is 0 Å². The minimum Gasteiger partial charge on any atom is -0.449 e. The summed E-state index contributed by atoms with van der Waals surface area (Å²) in [7, 11) is 0. The summed E-state index contributed by atoms with van der Waals surface area (Å²) < 4.78 is 15.9. The Kier molecular flexibility index (Phi) is 5.08. The molecular weight excluding hydrogens is 588 g/mol. The lowest BCUT2D eigenvalue weighted by Gasteiger charge is -2.25. The van der Waals surface area contributed by atoms with E-state index in [1.807, 2.05) is 6.07 Å². The van der Waals surface area contributed by atoms with Crippen LogP contribution in [0.3, 0.4) is 0 Å². The summed E-state index contributed by atoms with van der Waals surface area (Å²) in [6.45, 7) is 0. The number of para-hydroxylation sites is 2. The van der Waals surface area contributed by atoms with E-state index in [1.54, 1.807) is 0 Å². The van der Waals surface area contributed by atoms with E-state index in [0.29, 0.717) is 11.5 Å². The minimum absolute atomic E-state index is 0.690. The van der Waals surface area contributed by atoms with Gasteiger partial charge in [0.05, 0.1) is 16.7 Å². The van der Waals surface area contributed by atoms with Crippen LogP contribution < -0.4 is 14.8 Å². The Morgan fingerprint density at radius 3 is 2.15 bits per heavy atom. The summed E-state index contributed by atoms with van der Waals surface area (Å²) in [4.78, 5) is 0. The van der Waals surface area contributed by atoms with E-state index in [2.05, 4.69) is 155 Å². The maximum atomic E-state index is 6.84. The van der Waals surface area contributed by atoms with Crippen molar-refractivity contribution < 1.29 is 9.47 Å². The molecule has 3 heterocycles. The summed E-state index contributed by atoms with van der Waals surface area (Å²) >= 11 is 0. The van der Waals surface area contributed by atoms with Crippen LogP contribution >= 0.6 is 0 Å². The number of ether oxygens (including phenoxy) is 2. The normalized spacial score (nSPS) is 12.7. The average Bonchev–Trinajstić information content (AvgIpc) is 3.49. The highest BCUT2D eigenvalue weighted by molar-refractivity contribution is 6.11. The fourth-order valence-electron chi connectivity index (χ4n) is 7.72. The van der Waals surface area contributed by atoms with Gasteiger partial charge in [-0.15, -0.1) is 0 Å². The Morgan fingerprint density at radius 2 is 1.23 bits per heavy atom. The van der Waals surface area contributed by atoms with Crippen LogP contribution in [-0.4, -0.2) is 4.57 Å². The quantitative estimate of drug-likeness (QED) is 0.210. The number of anilines is 2. The van der Waals surface area contributed by atoms with Gasteiger partial charge in [0.1, 0.15) is 0 Å². The molecule has 2 bridgehead atoms. The molecule has 2 aliphatic rings. The second-order valence-electron chi connectivity index (χ2n) is 12.6. The first kappa shape index (κ1) is 25.6. The second kappa shape index (κ2) is 9.50. The van der Waals surface area contributed by atoms with Crippen molar-refractivity contribution in [3.05, 3.63) is 152 Å². The predicted octanol–water partition coefficient (Wildman–Crippen LogP) is 12.4. The molecule has 1 N–H and O–H groups in total. The molecule has 4 nitrogen and oxygen atoms in total. The molecule has 11 rings (SSSR count). The van der Waals surface area contributed by atoms with Crippen LogP contribution in [0.25, 0.3) is 71.3 Å². The Balaban J connectivity index is 1.16. The fraction of sp³-hybridized carbons (Fsp3) is 0. The van der Waals surface area contributed by atoms with E-state index in [9.17, 15) is 0 Å². The third-order valence-corrected chi connectivity index (χ3v) is 9.91. The van der Waals surface area contributed by atoms with Crippen molar-refractivity contribution >= 4 is 54.7 Å². The molecule has 0 saturated carbocycles. The molecule has 9 aromatic rings. The summed E-state index contributed by atoms with van der Waals surface area (Å²) in [6, 6.07) is 53.9. The predicted molar refractivity (Wildman–Crippen MR) is 197 cm³/mol. The number of hydrogen-bond donors (Lipinski definition) is 1. The number of aromatic nitrogens is 1. The zero-order chi connectivity index (χ0) is 31.3. The Morgan fingerprint density at radius 1 is 0.438 bits per heavy atom. The van der Waals surface area contributed by atoms with Crippen LogP contribution in [0.4, 0.5) is 11.4 Å². The van der Waals surface area contributed by atoms with Crippen LogP contribution in [0.15, 0.2) is 152 Å². The molecule has 0 aliphatic carbocycles. The van der Waals surface area contributed by atoms with E-state index < -0.39 is 0 Å². The monoisotopic (exact) mass is 614 g/mol. The van der Waals surface area contributed by atoms with Crippen molar-refractivity contribution in [2.45, 2.75) is 0 Å². The van der Waals surface area contributed by atoms with Gasteiger partial charge in [0.15, 0.2) is 23.0 Å². The number of nitrogens with one attached hydrogen (secondary N) is 1. The molecular formula is C44H26N2O2. The smallest absolute Gasteiger partial charge is 0.193 e.